The molecule has 0 unspecified atom stereocenters. The highest BCUT2D eigenvalue weighted by Crippen LogP contribution is 2.21. The van der Waals surface area contributed by atoms with E-state index in [9.17, 15) is 12.8 Å². The standard InChI is InChI=1S/C11H17FN2O3S/c1-3-8(6-15)14-18(16,17)9-4-7(2)11(12)10(13)5-9/h4-5,8,14-15H,3,6,13H2,1-2H3/t8-/m0/s1. The molecular formula is C11H17FN2O3S. The van der Waals surface area contributed by atoms with Crippen molar-refractivity contribution in [3.63, 3.8) is 0 Å². The smallest absolute Gasteiger partial charge is 0.240 e. The van der Waals surface area contributed by atoms with E-state index >= 15 is 0 Å². The van der Waals surface area contributed by atoms with Crippen LogP contribution < -0.4 is 10.5 Å². The van der Waals surface area contributed by atoms with Crippen molar-refractivity contribution in [1.29, 1.82) is 0 Å². The molecule has 0 bridgehead atoms. The van der Waals surface area contributed by atoms with E-state index in [0.717, 1.165) is 6.07 Å². The van der Waals surface area contributed by atoms with Crippen LogP contribution in [0.3, 0.4) is 0 Å². The number of anilines is 1. The molecule has 0 aromatic heterocycles. The molecule has 0 spiro atoms. The lowest BCUT2D eigenvalue weighted by Crippen LogP contribution is -2.37. The van der Waals surface area contributed by atoms with Gasteiger partial charge < -0.3 is 10.8 Å². The van der Waals surface area contributed by atoms with Gasteiger partial charge in [-0.25, -0.2) is 17.5 Å². The lowest BCUT2D eigenvalue weighted by molar-refractivity contribution is 0.254. The molecular weight excluding hydrogens is 259 g/mol. The van der Waals surface area contributed by atoms with Gasteiger partial charge in [-0.3, -0.25) is 0 Å². The molecule has 18 heavy (non-hydrogen) atoms. The predicted molar refractivity (Wildman–Crippen MR) is 67.0 cm³/mol. The van der Waals surface area contributed by atoms with Gasteiger partial charge in [0.25, 0.3) is 0 Å². The Morgan fingerprint density at radius 1 is 1.50 bits per heavy atom. The fourth-order valence-corrected chi connectivity index (χ4v) is 2.89. The first kappa shape index (κ1) is 14.9. The lowest BCUT2D eigenvalue weighted by Gasteiger charge is -2.15. The summed E-state index contributed by atoms with van der Waals surface area (Å²) in [5.41, 5.74) is 5.34. The molecule has 0 aliphatic carbocycles. The second-order valence-electron chi connectivity index (χ2n) is 4.05. The first-order valence-electron chi connectivity index (χ1n) is 5.50. The van der Waals surface area contributed by atoms with E-state index in [1.165, 1.54) is 13.0 Å². The Labute approximate surface area is 106 Å². The molecule has 0 heterocycles. The number of benzene rings is 1. The van der Waals surface area contributed by atoms with E-state index in [0.29, 0.717) is 6.42 Å². The monoisotopic (exact) mass is 276 g/mol. The Morgan fingerprint density at radius 2 is 2.11 bits per heavy atom. The highest BCUT2D eigenvalue weighted by atomic mass is 32.2. The number of sulfonamides is 1. The molecule has 1 aromatic carbocycles. The largest absolute Gasteiger partial charge is 0.396 e. The number of hydrogen-bond acceptors (Lipinski definition) is 4. The maximum absolute atomic E-state index is 13.3. The van der Waals surface area contributed by atoms with Gasteiger partial charge in [0.05, 0.1) is 17.2 Å². The molecule has 1 rings (SSSR count). The van der Waals surface area contributed by atoms with Gasteiger partial charge in [-0.15, -0.1) is 0 Å². The Kier molecular flexibility index (Phi) is 4.66. The number of aliphatic hydroxyl groups is 1. The first-order valence-corrected chi connectivity index (χ1v) is 6.99. The zero-order valence-electron chi connectivity index (χ0n) is 10.3. The molecule has 1 aromatic rings. The van der Waals surface area contributed by atoms with Gasteiger partial charge in [0.2, 0.25) is 10.0 Å². The summed E-state index contributed by atoms with van der Waals surface area (Å²) in [6.07, 6.45) is 0.450. The van der Waals surface area contributed by atoms with Crippen molar-refractivity contribution in [3.8, 4) is 0 Å². The van der Waals surface area contributed by atoms with Crippen LogP contribution in [0.1, 0.15) is 18.9 Å². The summed E-state index contributed by atoms with van der Waals surface area (Å²) in [5.74, 6) is -0.622. The van der Waals surface area contributed by atoms with Gasteiger partial charge in [0.15, 0.2) is 0 Å². The molecule has 0 fully saturated rings. The van der Waals surface area contributed by atoms with Crippen molar-refractivity contribution in [2.45, 2.75) is 31.2 Å². The van der Waals surface area contributed by atoms with Crippen molar-refractivity contribution >= 4 is 15.7 Å². The Bertz CT molecular complexity index is 504. The SMILES string of the molecule is CC[C@@H](CO)NS(=O)(=O)c1cc(C)c(F)c(N)c1. The number of aliphatic hydroxyl groups excluding tert-OH is 1. The van der Waals surface area contributed by atoms with E-state index in [1.54, 1.807) is 6.92 Å². The Hall–Kier alpha value is -1.18. The second kappa shape index (κ2) is 5.64. The van der Waals surface area contributed by atoms with Gasteiger partial charge >= 0.3 is 0 Å². The van der Waals surface area contributed by atoms with E-state index in [-0.39, 0.29) is 22.8 Å². The van der Waals surface area contributed by atoms with Crippen LogP contribution in [0.25, 0.3) is 0 Å². The van der Waals surface area contributed by atoms with Gasteiger partial charge in [0.1, 0.15) is 5.82 Å². The number of hydrogen-bond donors (Lipinski definition) is 3. The predicted octanol–water partition coefficient (Wildman–Crippen LogP) is 0.766. The highest BCUT2D eigenvalue weighted by molar-refractivity contribution is 7.89. The fraction of sp³-hybridized carbons (Fsp3) is 0.455. The van der Waals surface area contributed by atoms with Gasteiger partial charge in [-0.1, -0.05) is 6.92 Å². The molecule has 4 N–H and O–H groups in total. The molecule has 0 saturated heterocycles. The summed E-state index contributed by atoms with van der Waals surface area (Å²) in [6, 6.07) is 1.70. The number of nitrogens with two attached hydrogens (primary N) is 1. The summed E-state index contributed by atoms with van der Waals surface area (Å²) in [6.45, 7) is 2.88. The van der Waals surface area contributed by atoms with Crippen LogP contribution in [0.15, 0.2) is 17.0 Å². The van der Waals surface area contributed by atoms with Crippen LogP contribution in [0.2, 0.25) is 0 Å². The fourth-order valence-electron chi connectivity index (χ4n) is 1.46. The normalized spacial score (nSPS) is 13.6. The lowest BCUT2D eigenvalue weighted by atomic mass is 10.2. The van der Waals surface area contributed by atoms with Gasteiger partial charge in [0, 0.05) is 6.04 Å². The first-order chi connectivity index (χ1) is 8.31. The van der Waals surface area contributed by atoms with Crippen molar-refractivity contribution in [3.05, 3.63) is 23.5 Å². The summed E-state index contributed by atoms with van der Waals surface area (Å²) >= 11 is 0. The Morgan fingerprint density at radius 3 is 2.56 bits per heavy atom. The van der Waals surface area contributed by atoms with Crippen LogP contribution in [-0.4, -0.2) is 26.2 Å². The molecule has 0 radical (unpaired) electrons. The van der Waals surface area contributed by atoms with E-state index in [2.05, 4.69) is 4.72 Å². The van der Waals surface area contributed by atoms with Gasteiger partial charge in [-0.2, -0.15) is 0 Å². The molecule has 0 amide bonds. The van der Waals surface area contributed by atoms with Crippen molar-refractivity contribution < 1.29 is 17.9 Å². The maximum atomic E-state index is 13.3. The minimum absolute atomic E-state index is 0.106. The summed E-state index contributed by atoms with van der Waals surface area (Å²) in [4.78, 5) is -0.106. The van der Waals surface area contributed by atoms with Crippen LogP contribution in [0, 0.1) is 12.7 Å². The van der Waals surface area contributed by atoms with Crippen molar-refractivity contribution in [1.82, 2.24) is 4.72 Å². The third kappa shape index (κ3) is 3.18. The summed E-state index contributed by atoms with van der Waals surface area (Å²) in [7, 11) is -3.80. The van der Waals surface area contributed by atoms with Crippen molar-refractivity contribution in [2.24, 2.45) is 0 Å². The second-order valence-corrected chi connectivity index (χ2v) is 5.77. The van der Waals surface area contributed by atoms with E-state index in [4.69, 9.17) is 10.8 Å². The number of aryl methyl sites for hydroxylation is 1. The van der Waals surface area contributed by atoms with Crippen LogP contribution in [0.5, 0.6) is 0 Å². The average Bonchev–Trinajstić information content (AvgIpc) is 2.32. The number of nitrogens with one attached hydrogen (secondary N) is 1. The molecule has 1 atom stereocenters. The molecule has 0 aliphatic heterocycles. The van der Waals surface area contributed by atoms with Crippen molar-refractivity contribution in [2.75, 3.05) is 12.3 Å². The molecule has 0 aliphatic rings. The van der Waals surface area contributed by atoms with E-state index < -0.39 is 21.9 Å². The number of halogens is 1. The van der Waals surface area contributed by atoms with Crippen LogP contribution >= 0.6 is 0 Å². The minimum atomic E-state index is -3.80. The average molecular weight is 276 g/mol. The Balaban J connectivity index is 3.13. The quantitative estimate of drug-likeness (QED) is 0.692. The summed E-state index contributed by atoms with van der Waals surface area (Å²) < 4.78 is 39.6. The molecule has 0 saturated carbocycles. The topological polar surface area (TPSA) is 92.4 Å². The molecule has 7 heteroatoms. The zero-order valence-corrected chi connectivity index (χ0v) is 11.1. The number of nitrogen functional groups attached to an aromatic ring is 1. The third-order valence-electron chi connectivity index (χ3n) is 2.60. The highest BCUT2D eigenvalue weighted by Gasteiger charge is 2.20. The third-order valence-corrected chi connectivity index (χ3v) is 4.10. The van der Waals surface area contributed by atoms with Gasteiger partial charge in [-0.05, 0) is 31.0 Å². The maximum Gasteiger partial charge on any atom is 0.240 e. The molecule has 5 nitrogen and oxygen atoms in total. The number of rotatable bonds is 5. The summed E-state index contributed by atoms with van der Waals surface area (Å²) in [5, 5.41) is 8.98. The van der Waals surface area contributed by atoms with E-state index in [1.807, 2.05) is 0 Å². The van der Waals surface area contributed by atoms with Crippen LogP contribution in [-0.2, 0) is 10.0 Å². The van der Waals surface area contributed by atoms with Crippen LogP contribution in [0.4, 0.5) is 10.1 Å². The minimum Gasteiger partial charge on any atom is -0.396 e. The molecule has 102 valence electrons. The zero-order chi connectivity index (χ0) is 13.9.